The Morgan fingerprint density at radius 1 is 1.29 bits per heavy atom. The van der Waals surface area contributed by atoms with Crippen LogP contribution in [0.1, 0.15) is 37.8 Å². The second-order valence-corrected chi connectivity index (χ2v) is 5.83. The molecular formula is C17H24N2O2. The number of amides is 1. The fraction of sp³-hybridized carbons (Fsp3) is 0.588. The van der Waals surface area contributed by atoms with Crippen LogP contribution in [0, 0.1) is 5.92 Å². The van der Waals surface area contributed by atoms with E-state index < -0.39 is 0 Å². The van der Waals surface area contributed by atoms with Gasteiger partial charge in [0.15, 0.2) is 0 Å². The van der Waals surface area contributed by atoms with Crippen molar-refractivity contribution < 1.29 is 9.53 Å². The number of nitrogens with zero attached hydrogens (tertiary/aromatic N) is 1. The average molecular weight is 288 g/mol. The molecular weight excluding hydrogens is 264 g/mol. The van der Waals surface area contributed by atoms with Crippen molar-refractivity contribution in [3.05, 3.63) is 29.8 Å². The number of rotatable bonds is 3. The molecule has 21 heavy (non-hydrogen) atoms. The van der Waals surface area contributed by atoms with Crippen molar-refractivity contribution in [2.45, 2.75) is 32.2 Å². The predicted molar refractivity (Wildman–Crippen MR) is 83.4 cm³/mol. The van der Waals surface area contributed by atoms with Crippen molar-refractivity contribution in [2.75, 3.05) is 31.2 Å². The first kappa shape index (κ1) is 14.5. The van der Waals surface area contributed by atoms with Gasteiger partial charge >= 0.3 is 0 Å². The quantitative estimate of drug-likeness (QED) is 0.929. The van der Waals surface area contributed by atoms with E-state index in [4.69, 9.17) is 4.74 Å². The number of nitrogens with one attached hydrogen (secondary N) is 1. The minimum atomic E-state index is 0.127. The smallest absolute Gasteiger partial charge is 0.230 e. The molecule has 0 aromatic heterocycles. The first-order chi connectivity index (χ1) is 10.3. The predicted octanol–water partition coefficient (Wildman–Crippen LogP) is 2.50. The summed E-state index contributed by atoms with van der Waals surface area (Å²) in [6, 6.07) is 8.68. The fourth-order valence-electron chi connectivity index (χ4n) is 3.41. The number of benzene rings is 1. The van der Waals surface area contributed by atoms with E-state index in [2.05, 4.69) is 30.4 Å². The highest BCUT2D eigenvalue weighted by atomic mass is 16.5. The van der Waals surface area contributed by atoms with Crippen molar-refractivity contribution >= 4 is 11.6 Å². The van der Waals surface area contributed by atoms with E-state index in [1.165, 1.54) is 5.56 Å². The van der Waals surface area contributed by atoms with E-state index in [0.717, 1.165) is 38.0 Å². The molecule has 0 aliphatic carbocycles. The van der Waals surface area contributed by atoms with Crippen molar-refractivity contribution in [3.63, 3.8) is 0 Å². The highest BCUT2D eigenvalue weighted by Crippen LogP contribution is 2.35. The molecule has 1 aromatic rings. The SMILES string of the molecule is CCNC1CCN(C(=O)C2CCOCC2)c2ccccc21. The molecule has 3 rings (SSSR count). The number of ether oxygens (including phenoxy) is 1. The number of carbonyl (C=O) groups is 1. The van der Waals surface area contributed by atoms with E-state index in [1.54, 1.807) is 0 Å². The Labute approximate surface area is 126 Å². The van der Waals surface area contributed by atoms with E-state index >= 15 is 0 Å². The van der Waals surface area contributed by atoms with Gasteiger partial charge in [0, 0.05) is 37.4 Å². The zero-order chi connectivity index (χ0) is 14.7. The molecule has 1 unspecified atom stereocenters. The van der Waals surface area contributed by atoms with Crippen LogP contribution in [0.2, 0.25) is 0 Å². The maximum absolute atomic E-state index is 12.8. The highest BCUT2D eigenvalue weighted by Gasteiger charge is 2.32. The summed E-state index contributed by atoms with van der Waals surface area (Å²) in [7, 11) is 0. The van der Waals surface area contributed by atoms with Crippen LogP contribution in [0.15, 0.2) is 24.3 Å². The van der Waals surface area contributed by atoms with E-state index in [9.17, 15) is 4.79 Å². The third-order valence-electron chi connectivity index (χ3n) is 4.53. The van der Waals surface area contributed by atoms with Gasteiger partial charge in [0.2, 0.25) is 5.91 Å². The van der Waals surface area contributed by atoms with E-state index in [1.807, 2.05) is 11.0 Å². The lowest BCUT2D eigenvalue weighted by Crippen LogP contribution is -2.43. The van der Waals surface area contributed by atoms with Gasteiger partial charge in [-0.05, 0) is 37.4 Å². The first-order valence-corrected chi connectivity index (χ1v) is 8.02. The number of fused-ring (bicyclic) bond motifs is 1. The second kappa shape index (κ2) is 6.58. The molecule has 1 amide bonds. The van der Waals surface area contributed by atoms with Crippen LogP contribution in [0.3, 0.4) is 0 Å². The van der Waals surface area contributed by atoms with Gasteiger partial charge in [-0.1, -0.05) is 25.1 Å². The highest BCUT2D eigenvalue weighted by molar-refractivity contribution is 5.96. The third kappa shape index (κ3) is 2.97. The maximum Gasteiger partial charge on any atom is 0.230 e. The van der Waals surface area contributed by atoms with Crippen molar-refractivity contribution in [1.82, 2.24) is 5.32 Å². The number of hydrogen-bond donors (Lipinski definition) is 1. The minimum absolute atomic E-state index is 0.127. The van der Waals surface area contributed by atoms with Gasteiger partial charge in [-0.25, -0.2) is 0 Å². The third-order valence-corrected chi connectivity index (χ3v) is 4.53. The lowest BCUT2D eigenvalue weighted by molar-refractivity contribution is -0.125. The van der Waals surface area contributed by atoms with Gasteiger partial charge in [0.1, 0.15) is 0 Å². The summed E-state index contributed by atoms with van der Waals surface area (Å²) in [5, 5.41) is 3.52. The fourth-order valence-corrected chi connectivity index (χ4v) is 3.41. The topological polar surface area (TPSA) is 41.6 Å². The lowest BCUT2D eigenvalue weighted by Gasteiger charge is -2.37. The number of para-hydroxylation sites is 1. The summed E-state index contributed by atoms with van der Waals surface area (Å²) in [4.78, 5) is 14.8. The molecule has 4 heteroatoms. The van der Waals surface area contributed by atoms with Gasteiger partial charge in [-0.2, -0.15) is 0 Å². The van der Waals surface area contributed by atoms with Gasteiger partial charge in [-0.15, -0.1) is 0 Å². The summed E-state index contributed by atoms with van der Waals surface area (Å²) in [5.74, 6) is 0.406. The van der Waals surface area contributed by atoms with Crippen LogP contribution in [-0.2, 0) is 9.53 Å². The largest absolute Gasteiger partial charge is 0.381 e. The molecule has 0 spiro atoms. The van der Waals surface area contributed by atoms with E-state index in [0.29, 0.717) is 19.3 Å². The molecule has 2 aliphatic rings. The average Bonchev–Trinajstić information content (AvgIpc) is 2.56. The minimum Gasteiger partial charge on any atom is -0.381 e. The molecule has 1 aromatic carbocycles. The maximum atomic E-state index is 12.8. The Bertz CT molecular complexity index is 497. The van der Waals surface area contributed by atoms with Gasteiger partial charge in [0.05, 0.1) is 0 Å². The monoisotopic (exact) mass is 288 g/mol. The van der Waals surface area contributed by atoms with Gasteiger partial charge in [-0.3, -0.25) is 4.79 Å². The van der Waals surface area contributed by atoms with Crippen LogP contribution in [0.5, 0.6) is 0 Å². The Morgan fingerprint density at radius 2 is 2.05 bits per heavy atom. The van der Waals surface area contributed by atoms with Crippen LogP contribution < -0.4 is 10.2 Å². The lowest BCUT2D eigenvalue weighted by atomic mass is 9.93. The molecule has 2 heterocycles. The van der Waals surface area contributed by atoms with Gasteiger partial charge in [0.25, 0.3) is 0 Å². The van der Waals surface area contributed by atoms with Crippen LogP contribution in [0.4, 0.5) is 5.69 Å². The molecule has 2 aliphatic heterocycles. The van der Waals surface area contributed by atoms with Crippen molar-refractivity contribution in [1.29, 1.82) is 0 Å². The van der Waals surface area contributed by atoms with Crippen molar-refractivity contribution in [2.24, 2.45) is 5.92 Å². The molecule has 114 valence electrons. The van der Waals surface area contributed by atoms with E-state index in [-0.39, 0.29) is 11.8 Å². The van der Waals surface area contributed by atoms with Crippen LogP contribution >= 0.6 is 0 Å². The summed E-state index contributed by atoms with van der Waals surface area (Å²) in [6.07, 6.45) is 2.70. The van der Waals surface area contributed by atoms with Gasteiger partial charge < -0.3 is 15.0 Å². The molecule has 0 saturated carbocycles. The molecule has 1 atom stereocenters. The molecule has 1 N–H and O–H groups in total. The number of hydrogen-bond acceptors (Lipinski definition) is 3. The molecule has 0 bridgehead atoms. The zero-order valence-corrected chi connectivity index (χ0v) is 12.7. The summed E-state index contributed by atoms with van der Waals surface area (Å²) in [6.45, 7) is 5.32. The second-order valence-electron chi connectivity index (χ2n) is 5.83. The summed E-state index contributed by atoms with van der Waals surface area (Å²) < 4.78 is 5.37. The Balaban J connectivity index is 1.83. The molecule has 4 nitrogen and oxygen atoms in total. The Morgan fingerprint density at radius 3 is 2.81 bits per heavy atom. The molecule has 1 saturated heterocycles. The summed E-state index contributed by atoms with van der Waals surface area (Å²) in [5.41, 5.74) is 2.34. The molecule has 0 radical (unpaired) electrons. The van der Waals surface area contributed by atoms with Crippen molar-refractivity contribution in [3.8, 4) is 0 Å². The Kier molecular flexibility index (Phi) is 4.56. The standard InChI is InChI=1S/C17H24N2O2/c1-2-18-15-7-10-19(16-6-4-3-5-14(15)16)17(20)13-8-11-21-12-9-13/h3-6,13,15,18H,2,7-12H2,1H3. The zero-order valence-electron chi connectivity index (χ0n) is 12.7. The van der Waals surface area contributed by atoms with Crippen LogP contribution in [-0.4, -0.2) is 32.2 Å². The number of anilines is 1. The molecule has 1 fully saturated rings. The normalized spacial score (nSPS) is 22.9. The first-order valence-electron chi connectivity index (χ1n) is 8.02. The van der Waals surface area contributed by atoms with Crippen LogP contribution in [0.25, 0.3) is 0 Å². The Hall–Kier alpha value is -1.39. The number of carbonyl (C=O) groups excluding carboxylic acids is 1. The summed E-state index contributed by atoms with van der Waals surface area (Å²) >= 11 is 0.